The van der Waals surface area contributed by atoms with Gasteiger partial charge in [0.25, 0.3) is 11.6 Å². The molecule has 9 heteroatoms. The molecule has 0 aliphatic carbocycles. The highest BCUT2D eigenvalue weighted by atomic mass is 35.5. The van der Waals surface area contributed by atoms with Crippen LogP contribution in [0.15, 0.2) is 36.4 Å². The topological polar surface area (TPSA) is 84.7 Å². The summed E-state index contributed by atoms with van der Waals surface area (Å²) in [6, 6.07) is 9.10. The number of benzene rings is 2. The first-order chi connectivity index (χ1) is 12.5. The minimum absolute atomic E-state index is 0.0236. The molecule has 3 rings (SSSR count). The lowest BCUT2D eigenvalue weighted by molar-refractivity contribution is -0.384. The number of rotatable bonds is 4. The summed E-state index contributed by atoms with van der Waals surface area (Å²) >= 11 is 12.1. The second-order valence-corrected chi connectivity index (χ2v) is 6.46. The Morgan fingerprint density at radius 3 is 2.50 bits per heavy atom. The average molecular weight is 396 g/mol. The van der Waals surface area contributed by atoms with Gasteiger partial charge in [-0.2, -0.15) is 0 Å². The minimum atomic E-state index is -0.632. The molecule has 136 valence electrons. The Morgan fingerprint density at radius 1 is 1.12 bits per heavy atom. The third-order valence-electron chi connectivity index (χ3n) is 3.96. The summed E-state index contributed by atoms with van der Waals surface area (Å²) in [4.78, 5) is 24.8. The Bertz CT molecular complexity index is 854. The molecule has 0 unspecified atom stereocenters. The van der Waals surface area contributed by atoms with Gasteiger partial charge in [-0.1, -0.05) is 23.2 Å². The van der Waals surface area contributed by atoms with Gasteiger partial charge in [0.1, 0.15) is 5.02 Å². The van der Waals surface area contributed by atoms with Crippen LogP contribution >= 0.6 is 23.2 Å². The lowest BCUT2D eigenvalue weighted by Crippen LogP contribution is -2.36. The summed E-state index contributed by atoms with van der Waals surface area (Å²) in [6.45, 7) is 2.79. The van der Waals surface area contributed by atoms with Crippen molar-refractivity contribution in [2.75, 3.05) is 36.5 Å². The number of anilines is 2. The number of halogens is 2. The molecule has 0 atom stereocenters. The van der Waals surface area contributed by atoms with E-state index in [1.165, 1.54) is 12.1 Å². The van der Waals surface area contributed by atoms with Gasteiger partial charge in [-0.15, -0.1) is 0 Å². The van der Waals surface area contributed by atoms with Crippen LogP contribution < -0.4 is 10.2 Å². The Balaban J connectivity index is 1.76. The summed E-state index contributed by atoms with van der Waals surface area (Å²) in [5, 5.41) is 14.1. The van der Waals surface area contributed by atoms with Crippen molar-refractivity contribution in [1.82, 2.24) is 0 Å². The largest absolute Gasteiger partial charge is 0.378 e. The number of amides is 1. The fourth-order valence-corrected chi connectivity index (χ4v) is 3.13. The van der Waals surface area contributed by atoms with E-state index in [4.69, 9.17) is 27.9 Å². The highest BCUT2D eigenvalue weighted by molar-refractivity contribution is 6.34. The minimum Gasteiger partial charge on any atom is -0.378 e. The number of hydrogen-bond donors (Lipinski definition) is 1. The maximum absolute atomic E-state index is 12.4. The molecule has 0 saturated carbocycles. The maximum atomic E-state index is 12.4. The number of ether oxygens (including phenoxy) is 1. The average Bonchev–Trinajstić information content (AvgIpc) is 2.62. The van der Waals surface area contributed by atoms with E-state index >= 15 is 0 Å². The van der Waals surface area contributed by atoms with Crippen LogP contribution in [0.2, 0.25) is 10.0 Å². The van der Waals surface area contributed by atoms with E-state index < -0.39 is 10.8 Å². The Morgan fingerprint density at radius 2 is 1.85 bits per heavy atom. The zero-order chi connectivity index (χ0) is 18.7. The fraction of sp³-hybridized carbons (Fsp3) is 0.235. The molecule has 1 heterocycles. The van der Waals surface area contributed by atoms with Crippen molar-refractivity contribution in [1.29, 1.82) is 0 Å². The van der Waals surface area contributed by atoms with Gasteiger partial charge in [-0.25, -0.2) is 0 Å². The zero-order valence-corrected chi connectivity index (χ0v) is 15.1. The van der Waals surface area contributed by atoms with Crippen molar-refractivity contribution >= 4 is 46.2 Å². The van der Waals surface area contributed by atoms with E-state index in [-0.39, 0.29) is 16.3 Å². The van der Waals surface area contributed by atoms with Crippen molar-refractivity contribution in [3.05, 3.63) is 62.1 Å². The molecule has 0 radical (unpaired) electrons. The van der Waals surface area contributed by atoms with Gasteiger partial charge < -0.3 is 15.0 Å². The van der Waals surface area contributed by atoms with Crippen LogP contribution in [-0.4, -0.2) is 37.1 Å². The van der Waals surface area contributed by atoms with Crippen molar-refractivity contribution in [2.45, 2.75) is 0 Å². The summed E-state index contributed by atoms with van der Waals surface area (Å²) in [6.07, 6.45) is 0. The maximum Gasteiger partial charge on any atom is 0.288 e. The van der Waals surface area contributed by atoms with Crippen LogP contribution in [0.3, 0.4) is 0 Å². The van der Waals surface area contributed by atoms with Gasteiger partial charge in [-0.3, -0.25) is 14.9 Å². The molecule has 1 N–H and O–H groups in total. The molecule has 0 aromatic heterocycles. The smallest absolute Gasteiger partial charge is 0.288 e. The molecule has 2 aromatic carbocycles. The molecule has 7 nitrogen and oxygen atoms in total. The van der Waals surface area contributed by atoms with Crippen LogP contribution in [0.25, 0.3) is 0 Å². The summed E-state index contributed by atoms with van der Waals surface area (Å²) < 4.78 is 5.32. The Kier molecular flexibility index (Phi) is 5.61. The number of nitro groups is 1. The molecule has 1 saturated heterocycles. The van der Waals surface area contributed by atoms with Crippen molar-refractivity contribution < 1.29 is 14.5 Å². The van der Waals surface area contributed by atoms with Gasteiger partial charge in [0.05, 0.1) is 28.8 Å². The zero-order valence-electron chi connectivity index (χ0n) is 13.6. The second-order valence-electron chi connectivity index (χ2n) is 5.64. The normalized spacial score (nSPS) is 14.2. The monoisotopic (exact) mass is 395 g/mol. The second kappa shape index (κ2) is 7.90. The number of hydrogen-bond acceptors (Lipinski definition) is 5. The molecule has 2 aromatic rings. The van der Waals surface area contributed by atoms with Crippen LogP contribution in [0.5, 0.6) is 0 Å². The van der Waals surface area contributed by atoms with E-state index in [1.807, 2.05) is 6.07 Å². The molecule has 1 fully saturated rings. The number of morpholine rings is 1. The predicted molar refractivity (Wildman–Crippen MR) is 101 cm³/mol. The van der Waals surface area contributed by atoms with Gasteiger partial charge >= 0.3 is 0 Å². The third kappa shape index (κ3) is 4.07. The first kappa shape index (κ1) is 18.4. The summed E-state index contributed by atoms with van der Waals surface area (Å²) in [5.74, 6) is -0.486. The number of carbonyl (C=O) groups excluding carboxylic acids is 1. The number of nitrogens with one attached hydrogen (secondary N) is 1. The van der Waals surface area contributed by atoms with Gasteiger partial charge in [0.2, 0.25) is 0 Å². The lowest BCUT2D eigenvalue weighted by Gasteiger charge is -2.29. The molecule has 26 heavy (non-hydrogen) atoms. The fourth-order valence-electron chi connectivity index (χ4n) is 2.64. The van der Waals surface area contributed by atoms with Crippen molar-refractivity contribution in [3.63, 3.8) is 0 Å². The molecule has 0 bridgehead atoms. The first-order valence-electron chi connectivity index (χ1n) is 7.83. The highest BCUT2D eigenvalue weighted by Crippen LogP contribution is 2.30. The summed E-state index contributed by atoms with van der Waals surface area (Å²) in [7, 11) is 0. The molecule has 1 aliphatic rings. The Hall–Kier alpha value is -2.35. The van der Waals surface area contributed by atoms with Gasteiger partial charge in [0, 0.05) is 30.4 Å². The molecule has 1 aliphatic heterocycles. The van der Waals surface area contributed by atoms with Crippen molar-refractivity contribution in [2.24, 2.45) is 0 Å². The molecular formula is C17H15Cl2N3O4. The summed E-state index contributed by atoms with van der Waals surface area (Å²) in [5.41, 5.74) is 1.18. The van der Waals surface area contributed by atoms with Crippen LogP contribution in [0.4, 0.5) is 17.1 Å². The van der Waals surface area contributed by atoms with E-state index in [2.05, 4.69) is 10.2 Å². The molecular weight excluding hydrogens is 381 g/mol. The number of carbonyl (C=O) groups is 1. The number of nitrogens with zero attached hydrogens (tertiary/aromatic N) is 2. The highest BCUT2D eigenvalue weighted by Gasteiger charge is 2.18. The third-order valence-corrected chi connectivity index (χ3v) is 4.58. The predicted octanol–water partition coefficient (Wildman–Crippen LogP) is 3.99. The Labute approximate surface area is 159 Å². The van der Waals surface area contributed by atoms with E-state index in [9.17, 15) is 14.9 Å². The standard InChI is InChI=1S/C17H15Cl2N3O4/c18-13-3-1-11(9-16(13)22(24)25)17(23)20-12-2-4-15(14(19)10-12)21-5-7-26-8-6-21/h1-4,9-10H,5-8H2,(H,20,23). The van der Waals surface area contributed by atoms with Crippen LogP contribution in [-0.2, 0) is 4.74 Å². The molecule has 0 spiro atoms. The number of nitro benzene ring substituents is 1. The van der Waals surface area contributed by atoms with Crippen LogP contribution in [0, 0.1) is 10.1 Å². The lowest BCUT2D eigenvalue weighted by atomic mass is 10.1. The quantitative estimate of drug-likeness (QED) is 0.624. The van der Waals surface area contributed by atoms with E-state index in [0.29, 0.717) is 23.9 Å². The SMILES string of the molecule is O=C(Nc1ccc(N2CCOCC2)c(Cl)c1)c1ccc(Cl)c([N+](=O)[O-])c1. The van der Waals surface area contributed by atoms with Gasteiger partial charge in [-0.05, 0) is 30.3 Å². The van der Waals surface area contributed by atoms with Gasteiger partial charge in [0.15, 0.2) is 0 Å². The molecule has 1 amide bonds. The van der Waals surface area contributed by atoms with E-state index in [0.717, 1.165) is 24.8 Å². The first-order valence-corrected chi connectivity index (χ1v) is 8.59. The van der Waals surface area contributed by atoms with Crippen molar-refractivity contribution in [3.8, 4) is 0 Å². The van der Waals surface area contributed by atoms with Crippen LogP contribution in [0.1, 0.15) is 10.4 Å². The van der Waals surface area contributed by atoms with E-state index in [1.54, 1.807) is 12.1 Å².